The van der Waals surface area contributed by atoms with Crippen molar-refractivity contribution in [3.05, 3.63) is 0 Å². The number of rotatable bonds is 5. The maximum Gasteiger partial charge on any atom is 0.279 e. The van der Waals surface area contributed by atoms with Gasteiger partial charge in [0.05, 0.1) is 0 Å². The molecule has 0 spiro atoms. The molecule has 2 unspecified atom stereocenters. The van der Waals surface area contributed by atoms with Gasteiger partial charge in [-0.1, -0.05) is 43.4 Å². The molecule has 0 amide bonds. The lowest BCUT2D eigenvalue weighted by Crippen LogP contribution is -2.50. The van der Waals surface area contributed by atoms with Gasteiger partial charge in [0.25, 0.3) is 10.2 Å². The van der Waals surface area contributed by atoms with Crippen molar-refractivity contribution in [3.63, 3.8) is 0 Å². The third-order valence-corrected chi connectivity index (χ3v) is 5.79. The Hall–Kier alpha value is 0.600. The van der Waals surface area contributed by atoms with E-state index in [1.54, 1.807) is 4.31 Å². The minimum Gasteiger partial charge on any atom is -0.198 e. The quantitative estimate of drug-likeness (QED) is 0.591. The van der Waals surface area contributed by atoms with Crippen molar-refractivity contribution in [2.45, 2.75) is 39.7 Å². The molecule has 1 aliphatic rings. The van der Waals surface area contributed by atoms with Gasteiger partial charge in [0.2, 0.25) is 0 Å². The van der Waals surface area contributed by atoms with Crippen LogP contribution in [-0.2, 0) is 10.2 Å². The largest absolute Gasteiger partial charge is 0.279 e. The second-order valence-electron chi connectivity index (χ2n) is 5.23. The Bertz CT molecular complexity index is 332. The smallest absolute Gasteiger partial charge is 0.198 e. The van der Waals surface area contributed by atoms with E-state index in [4.69, 9.17) is 0 Å². The van der Waals surface area contributed by atoms with Crippen LogP contribution in [0.3, 0.4) is 0 Å². The van der Waals surface area contributed by atoms with E-state index in [1.807, 2.05) is 13.8 Å². The molecule has 0 aromatic rings. The standard InChI is InChI=1S/C11H23IN2O2S/c1-9(2)11(7-12)13-17(15,16)14-6-4-5-10(3)8-14/h9-11,13H,4-8H2,1-3H3. The molecule has 1 aliphatic heterocycles. The Kier molecular flexibility index (Phi) is 6.15. The summed E-state index contributed by atoms with van der Waals surface area (Å²) >= 11 is 2.23. The summed E-state index contributed by atoms with van der Waals surface area (Å²) in [6.45, 7) is 7.52. The van der Waals surface area contributed by atoms with E-state index in [-0.39, 0.29) is 6.04 Å². The summed E-state index contributed by atoms with van der Waals surface area (Å²) in [5, 5.41) is 0. The molecule has 2 atom stereocenters. The molecule has 0 aliphatic carbocycles. The summed E-state index contributed by atoms with van der Waals surface area (Å²) in [4.78, 5) is 0. The van der Waals surface area contributed by atoms with Crippen LogP contribution < -0.4 is 4.72 Å². The summed E-state index contributed by atoms with van der Waals surface area (Å²) in [6, 6.07) is 0.0258. The third-order valence-electron chi connectivity index (χ3n) is 3.23. The number of piperidine rings is 1. The molecule has 0 radical (unpaired) electrons. The van der Waals surface area contributed by atoms with Crippen LogP contribution in [-0.4, -0.2) is 36.3 Å². The summed E-state index contributed by atoms with van der Waals surface area (Å²) in [5.41, 5.74) is 0. The van der Waals surface area contributed by atoms with Crippen molar-refractivity contribution < 1.29 is 8.42 Å². The minimum absolute atomic E-state index is 0.0258. The predicted octanol–water partition coefficient (Wildman–Crippen LogP) is 2.01. The maximum atomic E-state index is 12.2. The first-order valence-electron chi connectivity index (χ1n) is 6.20. The van der Waals surface area contributed by atoms with E-state index in [0.29, 0.717) is 24.9 Å². The average molecular weight is 374 g/mol. The fraction of sp³-hybridized carbons (Fsp3) is 1.00. The minimum atomic E-state index is -3.29. The van der Waals surface area contributed by atoms with Gasteiger partial charge < -0.3 is 0 Å². The third kappa shape index (κ3) is 4.65. The number of alkyl halides is 1. The molecule has 0 bridgehead atoms. The van der Waals surface area contributed by atoms with Crippen LogP contribution in [0.5, 0.6) is 0 Å². The molecule has 0 aromatic heterocycles. The van der Waals surface area contributed by atoms with E-state index in [0.717, 1.165) is 17.3 Å². The summed E-state index contributed by atoms with van der Waals surface area (Å²) < 4.78 is 29.7. The van der Waals surface area contributed by atoms with Gasteiger partial charge in [-0.2, -0.15) is 17.4 Å². The fourth-order valence-corrected chi connectivity index (χ4v) is 5.22. The van der Waals surface area contributed by atoms with E-state index < -0.39 is 10.2 Å². The van der Waals surface area contributed by atoms with Gasteiger partial charge in [0, 0.05) is 23.6 Å². The van der Waals surface area contributed by atoms with Crippen LogP contribution in [0.2, 0.25) is 0 Å². The Labute approximate surface area is 119 Å². The molecule has 0 aromatic carbocycles. The van der Waals surface area contributed by atoms with Gasteiger partial charge in [-0.15, -0.1) is 0 Å². The van der Waals surface area contributed by atoms with Gasteiger partial charge in [-0.25, -0.2) is 0 Å². The number of hydrogen-bond acceptors (Lipinski definition) is 2. The van der Waals surface area contributed by atoms with Gasteiger partial charge in [0.15, 0.2) is 0 Å². The van der Waals surface area contributed by atoms with Gasteiger partial charge >= 0.3 is 0 Å². The zero-order valence-electron chi connectivity index (χ0n) is 10.8. The highest BCUT2D eigenvalue weighted by atomic mass is 127. The molecule has 4 nitrogen and oxygen atoms in total. The molecular weight excluding hydrogens is 351 g/mol. The van der Waals surface area contributed by atoms with Crippen molar-refractivity contribution in [1.82, 2.24) is 9.03 Å². The molecule has 17 heavy (non-hydrogen) atoms. The molecule has 1 fully saturated rings. The van der Waals surface area contributed by atoms with Crippen LogP contribution in [0.4, 0.5) is 0 Å². The average Bonchev–Trinajstić information content (AvgIpc) is 2.25. The summed E-state index contributed by atoms with van der Waals surface area (Å²) in [5.74, 6) is 0.793. The normalized spacial score (nSPS) is 25.1. The lowest BCUT2D eigenvalue weighted by molar-refractivity contribution is 0.275. The topological polar surface area (TPSA) is 49.4 Å². The Morgan fingerprint density at radius 1 is 1.47 bits per heavy atom. The Morgan fingerprint density at radius 3 is 2.59 bits per heavy atom. The van der Waals surface area contributed by atoms with Crippen LogP contribution in [0.1, 0.15) is 33.6 Å². The number of hydrogen-bond donors (Lipinski definition) is 1. The highest BCUT2D eigenvalue weighted by Gasteiger charge is 2.29. The van der Waals surface area contributed by atoms with Crippen LogP contribution in [0, 0.1) is 11.8 Å². The monoisotopic (exact) mass is 374 g/mol. The first kappa shape index (κ1) is 15.7. The van der Waals surface area contributed by atoms with Crippen LogP contribution in [0.25, 0.3) is 0 Å². The van der Waals surface area contributed by atoms with Gasteiger partial charge in [0.1, 0.15) is 0 Å². The van der Waals surface area contributed by atoms with E-state index in [2.05, 4.69) is 34.2 Å². The number of nitrogens with one attached hydrogen (secondary N) is 1. The lowest BCUT2D eigenvalue weighted by atomic mass is 10.0. The van der Waals surface area contributed by atoms with Crippen molar-refractivity contribution in [1.29, 1.82) is 0 Å². The van der Waals surface area contributed by atoms with Gasteiger partial charge in [-0.3, -0.25) is 0 Å². The first-order chi connectivity index (χ1) is 7.86. The Balaban J connectivity index is 2.67. The number of nitrogens with zero attached hydrogens (tertiary/aromatic N) is 1. The molecule has 102 valence electrons. The molecule has 1 saturated heterocycles. The highest BCUT2D eigenvalue weighted by Crippen LogP contribution is 2.18. The van der Waals surface area contributed by atoms with Crippen LogP contribution >= 0.6 is 22.6 Å². The van der Waals surface area contributed by atoms with E-state index >= 15 is 0 Å². The van der Waals surface area contributed by atoms with Gasteiger partial charge in [-0.05, 0) is 24.7 Å². The van der Waals surface area contributed by atoms with E-state index in [9.17, 15) is 8.42 Å². The first-order valence-corrected chi connectivity index (χ1v) is 9.16. The Morgan fingerprint density at radius 2 is 2.12 bits per heavy atom. The SMILES string of the molecule is CC1CCCN(S(=O)(=O)NC(CI)C(C)C)C1. The van der Waals surface area contributed by atoms with Crippen molar-refractivity contribution in [3.8, 4) is 0 Å². The zero-order chi connectivity index (χ0) is 13.1. The highest BCUT2D eigenvalue weighted by molar-refractivity contribution is 14.1. The summed E-state index contributed by atoms with van der Waals surface area (Å²) in [6.07, 6.45) is 2.10. The molecule has 1 N–H and O–H groups in total. The summed E-state index contributed by atoms with van der Waals surface area (Å²) in [7, 11) is -3.29. The van der Waals surface area contributed by atoms with Crippen LogP contribution in [0.15, 0.2) is 0 Å². The van der Waals surface area contributed by atoms with Crippen molar-refractivity contribution >= 4 is 32.8 Å². The molecule has 0 saturated carbocycles. The van der Waals surface area contributed by atoms with E-state index in [1.165, 1.54) is 0 Å². The molecule has 1 rings (SSSR count). The predicted molar refractivity (Wildman–Crippen MR) is 79.5 cm³/mol. The zero-order valence-corrected chi connectivity index (χ0v) is 13.8. The fourth-order valence-electron chi connectivity index (χ4n) is 1.98. The number of halogens is 1. The van der Waals surface area contributed by atoms with Crippen molar-refractivity contribution in [2.24, 2.45) is 11.8 Å². The van der Waals surface area contributed by atoms with Crippen molar-refractivity contribution in [2.75, 3.05) is 17.5 Å². The molecule has 1 heterocycles. The second kappa shape index (κ2) is 6.68. The molecule has 6 heteroatoms. The molecular formula is C11H23IN2O2S. The maximum absolute atomic E-state index is 12.2. The second-order valence-corrected chi connectivity index (χ2v) is 7.82. The lowest BCUT2D eigenvalue weighted by Gasteiger charge is -2.32.